The first-order chi connectivity index (χ1) is 13.7. The minimum absolute atomic E-state index is 0.0525. The Hall–Kier alpha value is -2.65. The van der Waals surface area contributed by atoms with Crippen LogP contribution < -0.4 is 5.32 Å². The number of amides is 1. The van der Waals surface area contributed by atoms with E-state index in [2.05, 4.69) is 39.9 Å². The molecule has 1 aromatic heterocycles. The van der Waals surface area contributed by atoms with E-state index in [9.17, 15) is 10.1 Å². The Kier molecular flexibility index (Phi) is 5.45. The van der Waals surface area contributed by atoms with Gasteiger partial charge in [0.15, 0.2) is 0 Å². The summed E-state index contributed by atoms with van der Waals surface area (Å²) in [4.78, 5) is 16.4. The fourth-order valence-electron chi connectivity index (χ4n) is 3.66. The number of halogens is 1. The van der Waals surface area contributed by atoms with Gasteiger partial charge in [-0.3, -0.25) is 9.69 Å². The minimum Gasteiger partial charge on any atom is -0.324 e. The molecule has 2 aromatic carbocycles. The quantitative estimate of drug-likeness (QED) is 0.671. The molecule has 0 bridgehead atoms. The lowest BCUT2D eigenvalue weighted by Crippen LogP contribution is -2.40. The second kappa shape index (κ2) is 8.15. The molecule has 4 rings (SSSR count). The Balaban J connectivity index is 1.58. The molecule has 0 unspecified atom stereocenters. The fraction of sp³-hybridized carbons (Fsp3) is 0.182. The van der Waals surface area contributed by atoms with E-state index in [1.165, 1.54) is 16.0 Å². The van der Waals surface area contributed by atoms with Gasteiger partial charge in [0.2, 0.25) is 5.91 Å². The topological polar surface area (TPSA) is 56.1 Å². The van der Waals surface area contributed by atoms with Gasteiger partial charge < -0.3 is 5.32 Å². The number of nitrogens with one attached hydrogen (secondary N) is 1. The number of hydrogen-bond donors (Lipinski definition) is 1. The number of benzene rings is 2. The first kappa shape index (κ1) is 18.7. The summed E-state index contributed by atoms with van der Waals surface area (Å²) in [6, 6.07) is 19.4. The monoisotopic (exact) mass is 407 g/mol. The van der Waals surface area contributed by atoms with Crippen LogP contribution in [0.1, 0.15) is 27.6 Å². The van der Waals surface area contributed by atoms with Crippen LogP contribution >= 0.6 is 22.9 Å². The summed E-state index contributed by atoms with van der Waals surface area (Å²) in [5.41, 5.74) is 3.30. The number of thiophene rings is 1. The van der Waals surface area contributed by atoms with Crippen molar-refractivity contribution in [2.45, 2.75) is 12.5 Å². The van der Waals surface area contributed by atoms with Gasteiger partial charge in [-0.25, -0.2) is 0 Å². The number of fused-ring (bicyclic) bond motifs is 1. The van der Waals surface area contributed by atoms with Crippen molar-refractivity contribution in [3.63, 3.8) is 0 Å². The largest absolute Gasteiger partial charge is 0.324 e. The minimum atomic E-state index is -0.154. The molecule has 1 amide bonds. The average Bonchev–Trinajstić information content (AvgIpc) is 3.17. The number of carbonyl (C=O) groups excluding carboxylic acids is 1. The van der Waals surface area contributed by atoms with Crippen molar-refractivity contribution >= 4 is 34.5 Å². The molecule has 4 nitrogen and oxygen atoms in total. The Labute approximate surface area is 173 Å². The van der Waals surface area contributed by atoms with Crippen LogP contribution in [0.25, 0.3) is 0 Å². The lowest BCUT2D eigenvalue weighted by atomic mass is 9.93. The van der Waals surface area contributed by atoms with Crippen LogP contribution in [0.3, 0.4) is 0 Å². The van der Waals surface area contributed by atoms with Gasteiger partial charge in [0.05, 0.1) is 23.8 Å². The maximum Gasteiger partial charge on any atom is 0.238 e. The molecule has 0 radical (unpaired) electrons. The van der Waals surface area contributed by atoms with Crippen molar-refractivity contribution in [1.29, 1.82) is 5.26 Å². The molecule has 140 valence electrons. The van der Waals surface area contributed by atoms with Crippen molar-refractivity contribution in [3.05, 3.63) is 86.6 Å². The molecule has 0 spiro atoms. The third-order valence-electron chi connectivity index (χ3n) is 4.90. The molecule has 0 aliphatic carbocycles. The highest BCUT2D eigenvalue weighted by atomic mass is 35.5. The van der Waals surface area contributed by atoms with Crippen molar-refractivity contribution in [1.82, 2.24) is 4.90 Å². The molecule has 1 N–H and O–H groups in total. The summed E-state index contributed by atoms with van der Waals surface area (Å²) in [5, 5.41) is 14.7. The van der Waals surface area contributed by atoms with Gasteiger partial charge >= 0.3 is 0 Å². The molecule has 0 saturated heterocycles. The summed E-state index contributed by atoms with van der Waals surface area (Å²) in [7, 11) is 0. The first-order valence-corrected chi connectivity index (χ1v) is 10.3. The van der Waals surface area contributed by atoms with Gasteiger partial charge in [0.25, 0.3) is 0 Å². The van der Waals surface area contributed by atoms with Gasteiger partial charge in [0.1, 0.15) is 6.07 Å². The van der Waals surface area contributed by atoms with E-state index >= 15 is 0 Å². The van der Waals surface area contributed by atoms with Crippen LogP contribution in [0.2, 0.25) is 5.02 Å². The van der Waals surface area contributed by atoms with E-state index < -0.39 is 0 Å². The van der Waals surface area contributed by atoms with Crippen molar-refractivity contribution in [2.24, 2.45) is 0 Å². The molecule has 1 aliphatic heterocycles. The molecular formula is C22H18ClN3OS. The predicted octanol–water partition coefficient (Wildman–Crippen LogP) is 4.86. The molecule has 2 heterocycles. The van der Waals surface area contributed by atoms with Crippen LogP contribution in [-0.2, 0) is 11.2 Å². The zero-order chi connectivity index (χ0) is 19.5. The van der Waals surface area contributed by atoms with Gasteiger partial charge in [0, 0.05) is 16.4 Å². The Bertz CT molecular complexity index is 1040. The number of hydrogen-bond acceptors (Lipinski definition) is 4. The van der Waals surface area contributed by atoms with Crippen LogP contribution in [0, 0.1) is 11.3 Å². The first-order valence-electron chi connectivity index (χ1n) is 9.00. The summed E-state index contributed by atoms with van der Waals surface area (Å²) in [5.74, 6) is -0.154. The van der Waals surface area contributed by atoms with Gasteiger partial charge in [-0.1, -0.05) is 41.9 Å². The summed E-state index contributed by atoms with van der Waals surface area (Å²) >= 11 is 7.80. The summed E-state index contributed by atoms with van der Waals surface area (Å²) < 4.78 is 0. The average molecular weight is 408 g/mol. The zero-order valence-corrected chi connectivity index (χ0v) is 16.6. The molecule has 1 aliphatic rings. The highest BCUT2D eigenvalue weighted by Crippen LogP contribution is 2.37. The van der Waals surface area contributed by atoms with E-state index in [1.807, 2.05) is 18.2 Å². The maximum atomic E-state index is 12.8. The van der Waals surface area contributed by atoms with E-state index in [0.717, 1.165) is 13.0 Å². The van der Waals surface area contributed by atoms with Crippen LogP contribution in [-0.4, -0.2) is 23.9 Å². The second-order valence-electron chi connectivity index (χ2n) is 6.68. The molecular weight excluding hydrogens is 390 g/mol. The number of nitriles is 1. The van der Waals surface area contributed by atoms with E-state index in [4.69, 9.17) is 11.6 Å². The smallest absolute Gasteiger partial charge is 0.238 e. The van der Waals surface area contributed by atoms with E-state index in [0.29, 0.717) is 16.3 Å². The summed E-state index contributed by atoms with van der Waals surface area (Å²) in [6.45, 7) is 1.05. The normalized spacial score (nSPS) is 16.2. The lowest BCUT2D eigenvalue weighted by molar-refractivity contribution is -0.117. The zero-order valence-electron chi connectivity index (χ0n) is 15.1. The molecule has 0 saturated carbocycles. The van der Waals surface area contributed by atoms with Crippen LogP contribution in [0.5, 0.6) is 0 Å². The van der Waals surface area contributed by atoms with Crippen LogP contribution in [0.4, 0.5) is 5.69 Å². The fourth-order valence-corrected chi connectivity index (χ4v) is 4.73. The van der Waals surface area contributed by atoms with Gasteiger partial charge in [-0.2, -0.15) is 5.26 Å². The predicted molar refractivity (Wildman–Crippen MR) is 113 cm³/mol. The Morgan fingerprint density at radius 3 is 2.86 bits per heavy atom. The highest BCUT2D eigenvalue weighted by Gasteiger charge is 2.30. The van der Waals surface area contributed by atoms with E-state index in [1.54, 1.807) is 29.5 Å². The molecule has 1 atom stereocenters. The maximum absolute atomic E-state index is 12.8. The Morgan fingerprint density at radius 2 is 2.07 bits per heavy atom. The summed E-state index contributed by atoms with van der Waals surface area (Å²) in [6.07, 6.45) is 0.935. The van der Waals surface area contributed by atoms with Gasteiger partial charge in [-0.15, -0.1) is 11.3 Å². The Morgan fingerprint density at radius 1 is 1.25 bits per heavy atom. The van der Waals surface area contributed by atoms with Crippen molar-refractivity contribution in [3.8, 4) is 6.07 Å². The third-order valence-corrected chi connectivity index (χ3v) is 6.14. The number of rotatable bonds is 4. The standard InChI is InChI=1S/C22H18ClN3OS/c23-17-7-6-16(13-24)19(12-17)25-21(27)14-26-10-8-20-18(9-11-28-20)22(26)15-4-2-1-3-5-15/h1-7,9,11-12,22H,8,10,14H2,(H,25,27)/t22-/m1/s1. The lowest BCUT2D eigenvalue weighted by Gasteiger charge is -2.35. The molecule has 0 fully saturated rings. The highest BCUT2D eigenvalue weighted by molar-refractivity contribution is 7.10. The van der Waals surface area contributed by atoms with Crippen molar-refractivity contribution < 1.29 is 4.79 Å². The number of carbonyl (C=O) groups is 1. The SMILES string of the molecule is N#Cc1ccc(Cl)cc1NC(=O)CN1CCc2sccc2[C@H]1c1ccccc1. The van der Waals surface area contributed by atoms with Crippen LogP contribution in [0.15, 0.2) is 60.0 Å². The van der Waals surface area contributed by atoms with Gasteiger partial charge in [-0.05, 0) is 47.2 Å². The number of anilines is 1. The van der Waals surface area contributed by atoms with Crippen molar-refractivity contribution in [2.75, 3.05) is 18.4 Å². The second-order valence-corrected chi connectivity index (χ2v) is 8.12. The molecule has 3 aromatic rings. The molecule has 6 heteroatoms. The number of nitrogens with zero attached hydrogens (tertiary/aromatic N) is 2. The third kappa shape index (κ3) is 3.81. The molecule has 28 heavy (non-hydrogen) atoms. The van der Waals surface area contributed by atoms with E-state index in [-0.39, 0.29) is 18.5 Å².